The maximum Gasteiger partial charge on any atom is 0.416 e. The van der Waals surface area contributed by atoms with E-state index in [0.717, 1.165) is 6.07 Å². The number of benzene rings is 2. The summed E-state index contributed by atoms with van der Waals surface area (Å²) in [5, 5.41) is 2.91. The van der Waals surface area contributed by atoms with Crippen LogP contribution in [0.15, 0.2) is 42.5 Å². The van der Waals surface area contributed by atoms with Crippen molar-refractivity contribution in [2.24, 2.45) is 0 Å². The quantitative estimate of drug-likeness (QED) is 0.274. The number of methoxy groups -OCH3 is 1. The second kappa shape index (κ2) is 12.9. The first-order chi connectivity index (χ1) is 17.7. The summed E-state index contributed by atoms with van der Waals surface area (Å²) >= 11 is 0. The summed E-state index contributed by atoms with van der Waals surface area (Å²) in [7, 11) is 3.23. The van der Waals surface area contributed by atoms with Crippen LogP contribution in [0, 0.1) is 0 Å². The number of anilines is 1. The molecule has 1 aliphatic rings. The van der Waals surface area contributed by atoms with Gasteiger partial charge < -0.3 is 29.2 Å². The second-order valence-corrected chi connectivity index (χ2v) is 8.47. The van der Waals surface area contributed by atoms with Gasteiger partial charge in [-0.2, -0.15) is 13.2 Å². The van der Waals surface area contributed by atoms with Crippen LogP contribution >= 0.6 is 0 Å². The minimum Gasteiger partial charge on any atom is -0.468 e. The lowest BCUT2D eigenvalue weighted by atomic mass is 9.86. The second-order valence-electron chi connectivity index (χ2n) is 8.47. The van der Waals surface area contributed by atoms with Crippen molar-refractivity contribution < 1.29 is 41.7 Å². The zero-order valence-electron chi connectivity index (χ0n) is 21.0. The molecule has 0 spiro atoms. The Balaban J connectivity index is 2.01. The Morgan fingerprint density at radius 3 is 2.49 bits per heavy atom. The van der Waals surface area contributed by atoms with E-state index in [4.69, 9.17) is 18.9 Å². The van der Waals surface area contributed by atoms with Crippen LogP contribution in [0.1, 0.15) is 29.5 Å². The maximum atomic E-state index is 14.0. The molecule has 0 saturated heterocycles. The van der Waals surface area contributed by atoms with Crippen molar-refractivity contribution in [2.75, 3.05) is 52.2 Å². The maximum absolute atomic E-state index is 14.0. The van der Waals surface area contributed by atoms with Gasteiger partial charge in [0.25, 0.3) is 5.91 Å². The molecule has 0 aliphatic carbocycles. The van der Waals surface area contributed by atoms with E-state index in [-0.39, 0.29) is 31.0 Å². The van der Waals surface area contributed by atoms with Crippen LogP contribution in [0.3, 0.4) is 0 Å². The molecular weight excluding hydrogens is 493 g/mol. The van der Waals surface area contributed by atoms with E-state index in [1.165, 1.54) is 24.0 Å². The molecule has 2 aromatic carbocycles. The number of alkyl halides is 3. The minimum atomic E-state index is -4.63. The third kappa shape index (κ3) is 7.21. The highest BCUT2D eigenvalue weighted by Crippen LogP contribution is 2.42. The van der Waals surface area contributed by atoms with E-state index in [0.29, 0.717) is 31.1 Å². The Morgan fingerprint density at radius 1 is 1.14 bits per heavy atom. The Morgan fingerprint density at radius 2 is 1.86 bits per heavy atom. The molecule has 2 unspecified atom stereocenters. The SMILES string of the molecule is CNCCN1C(=O)C(OC(C)=O)C(c2ccc(OCOCCOC)cc2)Cc2c1cccc2C(F)(F)F. The van der Waals surface area contributed by atoms with E-state index in [9.17, 15) is 22.8 Å². The van der Waals surface area contributed by atoms with E-state index in [2.05, 4.69) is 5.32 Å². The van der Waals surface area contributed by atoms with Crippen LogP contribution in [0.4, 0.5) is 18.9 Å². The Labute approximate surface area is 213 Å². The molecular formula is C26H31F3N2O6. The van der Waals surface area contributed by atoms with E-state index >= 15 is 0 Å². The van der Waals surface area contributed by atoms with E-state index in [1.54, 1.807) is 38.4 Å². The van der Waals surface area contributed by atoms with Crippen molar-refractivity contribution in [1.82, 2.24) is 5.32 Å². The van der Waals surface area contributed by atoms with Crippen LogP contribution in [0.25, 0.3) is 0 Å². The van der Waals surface area contributed by atoms with Gasteiger partial charge in [0.2, 0.25) is 0 Å². The van der Waals surface area contributed by atoms with Crippen LogP contribution in [-0.4, -0.2) is 65.2 Å². The molecule has 8 nitrogen and oxygen atoms in total. The molecule has 1 aliphatic heterocycles. The van der Waals surface area contributed by atoms with Gasteiger partial charge in [0.1, 0.15) is 5.75 Å². The molecule has 1 heterocycles. The summed E-state index contributed by atoms with van der Waals surface area (Å²) in [6.07, 6.45) is -6.10. The van der Waals surface area contributed by atoms with Crippen molar-refractivity contribution in [1.29, 1.82) is 0 Å². The average molecular weight is 525 g/mol. The Kier molecular flexibility index (Phi) is 9.90. The fraction of sp³-hybridized carbons (Fsp3) is 0.462. The number of ether oxygens (including phenoxy) is 4. The number of carbonyl (C=O) groups is 2. The average Bonchev–Trinajstić information content (AvgIpc) is 2.96. The normalized spacial score (nSPS) is 17.8. The first kappa shape index (κ1) is 28.4. The van der Waals surface area contributed by atoms with Gasteiger partial charge in [0.05, 0.1) is 18.8 Å². The van der Waals surface area contributed by atoms with Gasteiger partial charge in [-0.1, -0.05) is 18.2 Å². The van der Waals surface area contributed by atoms with Gasteiger partial charge in [-0.15, -0.1) is 0 Å². The monoisotopic (exact) mass is 524 g/mol. The van der Waals surface area contributed by atoms with Gasteiger partial charge in [-0.3, -0.25) is 9.59 Å². The summed E-state index contributed by atoms with van der Waals surface area (Å²) in [6.45, 7) is 2.36. The highest BCUT2D eigenvalue weighted by Gasteiger charge is 2.43. The summed E-state index contributed by atoms with van der Waals surface area (Å²) in [5.41, 5.74) is -0.159. The third-order valence-electron chi connectivity index (χ3n) is 5.97. The van der Waals surface area contributed by atoms with Crippen molar-refractivity contribution in [3.05, 3.63) is 59.2 Å². The predicted molar refractivity (Wildman–Crippen MR) is 129 cm³/mol. The third-order valence-corrected chi connectivity index (χ3v) is 5.97. The van der Waals surface area contributed by atoms with E-state index < -0.39 is 35.6 Å². The van der Waals surface area contributed by atoms with Crippen LogP contribution in [0.5, 0.6) is 5.75 Å². The molecule has 1 N–H and O–H groups in total. The molecule has 0 saturated carbocycles. The first-order valence-electron chi connectivity index (χ1n) is 11.8. The Hall–Kier alpha value is -3.15. The summed E-state index contributed by atoms with van der Waals surface area (Å²) < 4.78 is 63.2. The predicted octanol–water partition coefficient (Wildman–Crippen LogP) is 3.53. The van der Waals surface area contributed by atoms with Gasteiger partial charge in [-0.05, 0) is 48.9 Å². The highest BCUT2D eigenvalue weighted by molar-refractivity contribution is 6.00. The van der Waals surface area contributed by atoms with Crippen LogP contribution < -0.4 is 15.0 Å². The fourth-order valence-electron chi connectivity index (χ4n) is 4.26. The molecule has 0 aromatic heterocycles. The number of nitrogens with zero attached hydrogens (tertiary/aromatic N) is 1. The summed E-state index contributed by atoms with van der Waals surface area (Å²) in [4.78, 5) is 26.9. The highest BCUT2D eigenvalue weighted by atomic mass is 19.4. The van der Waals surface area contributed by atoms with Crippen molar-refractivity contribution in [3.63, 3.8) is 0 Å². The van der Waals surface area contributed by atoms with E-state index in [1.807, 2.05) is 0 Å². The van der Waals surface area contributed by atoms with Crippen LogP contribution in [-0.2, 0) is 36.4 Å². The lowest BCUT2D eigenvalue weighted by Gasteiger charge is -2.28. The number of likely N-dealkylation sites (N-methyl/N-ethyl adjacent to an activating group) is 1. The standard InChI is InChI=1S/C26H31F3N2O6/c1-17(32)37-24-20(18-7-9-19(10-8-18)36-16-35-14-13-34-3)15-21-22(26(27,28)29)5-4-6-23(21)31(25(24)33)12-11-30-2/h4-10,20,24,30H,11-16H2,1-3H3. The molecule has 1 amide bonds. The van der Waals surface area contributed by atoms with Gasteiger partial charge in [-0.25, -0.2) is 0 Å². The Bertz CT molecular complexity index is 1060. The molecule has 2 aromatic rings. The van der Waals surface area contributed by atoms with Crippen molar-refractivity contribution in [3.8, 4) is 5.75 Å². The minimum absolute atomic E-state index is 0.0105. The van der Waals surface area contributed by atoms with Crippen molar-refractivity contribution in [2.45, 2.75) is 31.5 Å². The number of esters is 1. The lowest BCUT2D eigenvalue weighted by Crippen LogP contribution is -2.45. The molecule has 11 heteroatoms. The molecule has 0 bridgehead atoms. The van der Waals surface area contributed by atoms with Gasteiger partial charge in [0, 0.05) is 38.7 Å². The van der Waals surface area contributed by atoms with Crippen molar-refractivity contribution >= 4 is 17.6 Å². The zero-order chi connectivity index (χ0) is 27.0. The van der Waals surface area contributed by atoms with Gasteiger partial charge in [0.15, 0.2) is 12.9 Å². The number of hydrogen-bond acceptors (Lipinski definition) is 7. The molecule has 202 valence electrons. The number of carbonyl (C=O) groups excluding carboxylic acids is 2. The number of rotatable bonds is 11. The fourth-order valence-corrected chi connectivity index (χ4v) is 4.26. The summed E-state index contributed by atoms with van der Waals surface area (Å²) in [5.74, 6) is -1.67. The zero-order valence-corrected chi connectivity index (χ0v) is 21.0. The molecule has 3 rings (SSSR count). The number of hydrogen-bond donors (Lipinski definition) is 1. The number of amides is 1. The topological polar surface area (TPSA) is 86.3 Å². The smallest absolute Gasteiger partial charge is 0.416 e. The molecule has 2 atom stereocenters. The van der Waals surface area contributed by atoms with Gasteiger partial charge >= 0.3 is 12.1 Å². The first-order valence-corrected chi connectivity index (χ1v) is 11.8. The molecule has 0 radical (unpaired) electrons. The lowest BCUT2D eigenvalue weighted by molar-refractivity contribution is -0.154. The number of fused-ring (bicyclic) bond motifs is 1. The molecule has 37 heavy (non-hydrogen) atoms. The number of halogens is 3. The number of nitrogens with one attached hydrogen (secondary N) is 1. The largest absolute Gasteiger partial charge is 0.468 e. The van der Waals surface area contributed by atoms with Crippen LogP contribution in [0.2, 0.25) is 0 Å². The summed E-state index contributed by atoms with van der Waals surface area (Å²) in [6, 6.07) is 10.3. The molecule has 0 fully saturated rings.